The first kappa shape index (κ1) is 25.5. The molecule has 0 fully saturated rings. The molecular weight excluding hydrogens is 481 g/mol. The summed E-state index contributed by atoms with van der Waals surface area (Å²) < 4.78 is 98.7. The standard InChI is InChI=1S/C29H21F7/c1-2-3-19-10-11-21(27(34)25(19)32)22-13-12-20(26(33)28(22)35)18-8-6-16(7-9-18)4-5-17-14-23(30)29(36)24(31)15-17/h6-15H,2-5H2,1H3. The first-order valence-electron chi connectivity index (χ1n) is 11.4. The Bertz CT molecular complexity index is 1390. The third-order valence-electron chi connectivity index (χ3n) is 6.06. The average molecular weight is 502 g/mol. The van der Waals surface area contributed by atoms with Crippen LogP contribution < -0.4 is 0 Å². The van der Waals surface area contributed by atoms with Crippen molar-refractivity contribution in [3.05, 3.63) is 118 Å². The van der Waals surface area contributed by atoms with E-state index in [-0.39, 0.29) is 34.2 Å². The van der Waals surface area contributed by atoms with E-state index in [1.807, 2.05) is 6.92 Å². The van der Waals surface area contributed by atoms with Crippen molar-refractivity contribution in [2.24, 2.45) is 0 Å². The lowest BCUT2D eigenvalue weighted by atomic mass is 9.96. The Kier molecular flexibility index (Phi) is 7.48. The summed E-state index contributed by atoms with van der Waals surface area (Å²) in [6.07, 6.45) is 1.55. The van der Waals surface area contributed by atoms with Crippen LogP contribution in [0.1, 0.15) is 30.0 Å². The number of hydrogen-bond acceptors (Lipinski definition) is 0. The van der Waals surface area contributed by atoms with Gasteiger partial charge in [0.25, 0.3) is 0 Å². The van der Waals surface area contributed by atoms with Crippen molar-refractivity contribution in [1.82, 2.24) is 0 Å². The topological polar surface area (TPSA) is 0 Å². The van der Waals surface area contributed by atoms with Crippen LogP contribution in [0.2, 0.25) is 0 Å². The Morgan fingerprint density at radius 1 is 0.472 bits per heavy atom. The summed E-state index contributed by atoms with van der Waals surface area (Å²) in [5.41, 5.74) is 0.757. The van der Waals surface area contributed by atoms with Crippen LogP contribution in [0.3, 0.4) is 0 Å². The van der Waals surface area contributed by atoms with E-state index in [0.717, 1.165) is 17.7 Å². The molecule has 0 aromatic heterocycles. The smallest absolute Gasteiger partial charge is 0.194 e. The lowest BCUT2D eigenvalue weighted by Crippen LogP contribution is -2.00. The van der Waals surface area contributed by atoms with Gasteiger partial charge in [-0.1, -0.05) is 61.9 Å². The van der Waals surface area contributed by atoms with E-state index in [1.165, 1.54) is 24.3 Å². The molecule has 0 saturated heterocycles. The zero-order valence-corrected chi connectivity index (χ0v) is 19.2. The SMILES string of the molecule is CCCc1ccc(-c2ccc(-c3ccc(CCc4cc(F)c(F)c(F)c4)cc3)c(F)c2F)c(F)c1F. The summed E-state index contributed by atoms with van der Waals surface area (Å²) in [5, 5.41) is 0. The molecule has 7 heteroatoms. The van der Waals surface area contributed by atoms with Crippen LogP contribution in [-0.4, -0.2) is 0 Å². The lowest BCUT2D eigenvalue weighted by Gasteiger charge is -2.12. The van der Waals surface area contributed by atoms with Gasteiger partial charge in [0.1, 0.15) is 0 Å². The van der Waals surface area contributed by atoms with E-state index < -0.39 is 40.7 Å². The van der Waals surface area contributed by atoms with Gasteiger partial charge in [-0.2, -0.15) is 0 Å². The Morgan fingerprint density at radius 3 is 1.58 bits per heavy atom. The van der Waals surface area contributed by atoms with Crippen LogP contribution in [0.5, 0.6) is 0 Å². The highest BCUT2D eigenvalue weighted by molar-refractivity contribution is 5.72. The molecule has 0 unspecified atom stereocenters. The molecule has 4 rings (SSSR count). The van der Waals surface area contributed by atoms with Gasteiger partial charge in [0.15, 0.2) is 40.7 Å². The first-order chi connectivity index (χ1) is 17.2. The monoisotopic (exact) mass is 502 g/mol. The van der Waals surface area contributed by atoms with Gasteiger partial charge in [-0.15, -0.1) is 0 Å². The maximum atomic E-state index is 15.0. The van der Waals surface area contributed by atoms with Crippen molar-refractivity contribution in [2.45, 2.75) is 32.6 Å². The fraction of sp³-hybridized carbons (Fsp3) is 0.172. The normalized spacial score (nSPS) is 11.2. The molecule has 4 aromatic carbocycles. The van der Waals surface area contributed by atoms with Crippen LogP contribution >= 0.6 is 0 Å². The van der Waals surface area contributed by atoms with E-state index in [9.17, 15) is 30.7 Å². The molecule has 4 aromatic rings. The molecular formula is C29H21F7. The number of benzene rings is 4. The van der Waals surface area contributed by atoms with Gasteiger partial charge in [-0.3, -0.25) is 0 Å². The Morgan fingerprint density at radius 2 is 0.972 bits per heavy atom. The molecule has 0 amide bonds. The molecule has 0 nitrogen and oxygen atoms in total. The van der Waals surface area contributed by atoms with Gasteiger partial charge in [-0.05, 0) is 53.6 Å². The highest BCUT2D eigenvalue weighted by Gasteiger charge is 2.21. The fourth-order valence-corrected chi connectivity index (χ4v) is 4.13. The third-order valence-corrected chi connectivity index (χ3v) is 6.06. The highest BCUT2D eigenvalue weighted by atomic mass is 19.2. The second-order valence-corrected chi connectivity index (χ2v) is 8.51. The summed E-state index contributed by atoms with van der Waals surface area (Å²) in [6, 6.07) is 13.4. The van der Waals surface area contributed by atoms with Crippen molar-refractivity contribution in [3.63, 3.8) is 0 Å². The second kappa shape index (κ2) is 10.6. The number of halogens is 7. The molecule has 0 heterocycles. The molecule has 0 aliphatic carbocycles. The maximum absolute atomic E-state index is 15.0. The molecule has 0 aliphatic heterocycles. The van der Waals surface area contributed by atoms with Crippen LogP contribution in [-0.2, 0) is 19.3 Å². The van der Waals surface area contributed by atoms with Gasteiger partial charge >= 0.3 is 0 Å². The molecule has 0 spiro atoms. The van der Waals surface area contributed by atoms with Crippen molar-refractivity contribution >= 4 is 0 Å². The number of aryl methyl sites for hydroxylation is 3. The molecule has 0 saturated carbocycles. The van der Waals surface area contributed by atoms with E-state index in [1.54, 1.807) is 24.3 Å². The van der Waals surface area contributed by atoms with E-state index in [2.05, 4.69) is 0 Å². The van der Waals surface area contributed by atoms with Crippen molar-refractivity contribution in [3.8, 4) is 22.3 Å². The van der Waals surface area contributed by atoms with E-state index in [4.69, 9.17) is 0 Å². The van der Waals surface area contributed by atoms with Crippen LogP contribution in [0.15, 0.2) is 60.7 Å². The minimum Gasteiger partial charge on any atom is -0.204 e. The highest BCUT2D eigenvalue weighted by Crippen LogP contribution is 2.34. The predicted octanol–water partition coefficient (Wildman–Crippen LogP) is 8.73. The molecule has 186 valence electrons. The molecule has 0 bridgehead atoms. The van der Waals surface area contributed by atoms with Gasteiger partial charge in [0.2, 0.25) is 0 Å². The molecule has 0 atom stereocenters. The van der Waals surface area contributed by atoms with E-state index >= 15 is 0 Å². The van der Waals surface area contributed by atoms with Crippen LogP contribution in [0.25, 0.3) is 22.3 Å². The average Bonchev–Trinajstić information content (AvgIpc) is 2.87. The molecule has 0 N–H and O–H groups in total. The Hall–Kier alpha value is -3.61. The van der Waals surface area contributed by atoms with E-state index in [0.29, 0.717) is 24.8 Å². The molecule has 36 heavy (non-hydrogen) atoms. The maximum Gasteiger partial charge on any atom is 0.194 e. The van der Waals surface area contributed by atoms with Crippen molar-refractivity contribution in [2.75, 3.05) is 0 Å². The summed E-state index contributed by atoms with van der Waals surface area (Å²) in [4.78, 5) is 0. The van der Waals surface area contributed by atoms with Gasteiger partial charge in [0, 0.05) is 16.7 Å². The predicted molar refractivity (Wildman–Crippen MR) is 125 cm³/mol. The quantitative estimate of drug-likeness (QED) is 0.175. The van der Waals surface area contributed by atoms with Crippen molar-refractivity contribution < 1.29 is 30.7 Å². The van der Waals surface area contributed by atoms with Crippen LogP contribution in [0.4, 0.5) is 30.7 Å². The Balaban J connectivity index is 1.56. The van der Waals surface area contributed by atoms with Gasteiger partial charge < -0.3 is 0 Å². The number of hydrogen-bond donors (Lipinski definition) is 0. The molecule has 0 radical (unpaired) electrons. The summed E-state index contributed by atoms with van der Waals surface area (Å²) in [5.74, 6) is -8.84. The zero-order valence-electron chi connectivity index (χ0n) is 19.2. The minimum absolute atomic E-state index is 0.0611. The van der Waals surface area contributed by atoms with Gasteiger partial charge in [0.05, 0.1) is 0 Å². The van der Waals surface area contributed by atoms with Crippen LogP contribution in [0, 0.1) is 40.7 Å². The third kappa shape index (κ3) is 5.01. The lowest BCUT2D eigenvalue weighted by molar-refractivity contribution is 0.445. The fourth-order valence-electron chi connectivity index (χ4n) is 4.13. The molecule has 0 aliphatic rings. The summed E-state index contributed by atoms with van der Waals surface area (Å²) in [6.45, 7) is 1.82. The zero-order chi connectivity index (χ0) is 26.0. The van der Waals surface area contributed by atoms with Gasteiger partial charge in [-0.25, -0.2) is 30.7 Å². The first-order valence-corrected chi connectivity index (χ1v) is 11.4. The van der Waals surface area contributed by atoms with Crippen molar-refractivity contribution in [1.29, 1.82) is 0 Å². The minimum atomic E-state index is -1.52. The Labute approximate surface area is 204 Å². The largest absolute Gasteiger partial charge is 0.204 e. The summed E-state index contributed by atoms with van der Waals surface area (Å²) >= 11 is 0. The summed E-state index contributed by atoms with van der Waals surface area (Å²) in [7, 11) is 0. The second-order valence-electron chi connectivity index (χ2n) is 8.51. The number of rotatable bonds is 7.